The molecule has 0 aliphatic heterocycles. The quantitative estimate of drug-likeness (QED) is 0.876. The van der Waals surface area contributed by atoms with E-state index in [1.165, 1.54) is 23.7 Å². The van der Waals surface area contributed by atoms with Gasteiger partial charge in [-0.05, 0) is 47.6 Å². The highest BCUT2D eigenvalue weighted by Gasteiger charge is 2.15. The summed E-state index contributed by atoms with van der Waals surface area (Å²) >= 11 is 0. The van der Waals surface area contributed by atoms with Gasteiger partial charge in [0.05, 0.1) is 5.56 Å². The van der Waals surface area contributed by atoms with Gasteiger partial charge in [-0.2, -0.15) is 0 Å². The average molecular weight is 239 g/mol. The van der Waals surface area contributed by atoms with E-state index >= 15 is 0 Å². The Bertz CT molecular complexity index is 620. The van der Waals surface area contributed by atoms with Gasteiger partial charge in [0.1, 0.15) is 0 Å². The van der Waals surface area contributed by atoms with Gasteiger partial charge in [-0.15, -0.1) is 0 Å². The third-order valence-electron chi connectivity index (χ3n) is 3.46. The Morgan fingerprint density at radius 3 is 2.83 bits per heavy atom. The molecule has 1 aliphatic carbocycles. The van der Waals surface area contributed by atoms with Crippen LogP contribution in [0.4, 0.5) is 0 Å². The number of carboxylic acids is 1. The second-order valence-electron chi connectivity index (χ2n) is 4.56. The van der Waals surface area contributed by atoms with Crippen molar-refractivity contribution in [3.05, 3.63) is 53.3 Å². The lowest BCUT2D eigenvalue weighted by Crippen LogP contribution is -2.00. The molecule has 2 aromatic rings. The molecule has 1 aromatic carbocycles. The van der Waals surface area contributed by atoms with Crippen LogP contribution >= 0.6 is 0 Å². The third-order valence-corrected chi connectivity index (χ3v) is 3.46. The highest BCUT2D eigenvalue weighted by atomic mass is 16.4. The van der Waals surface area contributed by atoms with Crippen molar-refractivity contribution in [1.82, 2.24) is 4.98 Å². The molecular weight excluding hydrogens is 226 g/mol. The van der Waals surface area contributed by atoms with Crippen molar-refractivity contribution < 1.29 is 9.90 Å². The van der Waals surface area contributed by atoms with Crippen LogP contribution in [0.2, 0.25) is 0 Å². The van der Waals surface area contributed by atoms with Crippen LogP contribution in [0.3, 0.4) is 0 Å². The van der Waals surface area contributed by atoms with Crippen LogP contribution in [0.1, 0.15) is 27.9 Å². The van der Waals surface area contributed by atoms with E-state index in [0.29, 0.717) is 0 Å². The van der Waals surface area contributed by atoms with Crippen molar-refractivity contribution in [3.63, 3.8) is 0 Å². The van der Waals surface area contributed by atoms with Gasteiger partial charge in [0.25, 0.3) is 0 Å². The first kappa shape index (κ1) is 11.0. The van der Waals surface area contributed by atoms with E-state index in [4.69, 9.17) is 0 Å². The second kappa shape index (κ2) is 4.26. The molecule has 1 aliphatic rings. The van der Waals surface area contributed by atoms with Crippen molar-refractivity contribution in [2.45, 2.75) is 19.3 Å². The Morgan fingerprint density at radius 2 is 2.00 bits per heavy atom. The van der Waals surface area contributed by atoms with E-state index < -0.39 is 5.97 Å². The normalized spacial score (nSPS) is 13.3. The first-order valence-corrected chi connectivity index (χ1v) is 6.05. The number of nitrogens with zero attached hydrogens (tertiary/aromatic N) is 1. The van der Waals surface area contributed by atoms with E-state index in [9.17, 15) is 9.90 Å². The summed E-state index contributed by atoms with van der Waals surface area (Å²) in [7, 11) is 0. The summed E-state index contributed by atoms with van der Waals surface area (Å²) in [6, 6.07) is 8.00. The zero-order chi connectivity index (χ0) is 12.5. The summed E-state index contributed by atoms with van der Waals surface area (Å²) in [6.45, 7) is 0. The molecule has 1 N–H and O–H groups in total. The molecule has 90 valence electrons. The molecule has 18 heavy (non-hydrogen) atoms. The van der Waals surface area contributed by atoms with Gasteiger partial charge < -0.3 is 5.11 Å². The predicted molar refractivity (Wildman–Crippen MR) is 68.7 cm³/mol. The molecule has 0 atom stereocenters. The Balaban J connectivity index is 2.13. The minimum Gasteiger partial charge on any atom is -0.478 e. The molecule has 0 saturated heterocycles. The largest absolute Gasteiger partial charge is 0.478 e. The van der Waals surface area contributed by atoms with Gasteiger partial charge in [-0.3, -0.25) is 4.98 Å². The summed E-state index contributed by atoms with van der Waals surface area (Å²) in [5, 5.41) is 9.18. The number of pyridine rings is 1. The molecule has 3 rings (SSSR count). The van der Waals surface area contributed by atoms with Crippen LogP contribution in [0.5, 0.6) is 0 Å². The smallest absolute Gasteiger partial charge is 0.337 e. The molecule has 3 nitrogen and oxygen atoms in total. The Labute approximate surface area is 105 Å². The maximum atomic E-state index is 11.2. The maximum Gasteiger partial charge on any atom is 0.337 e. The van der Waals surface area contributed by atoms with Crippen LogP contribution in [0, 0.1) is 0 Å². The fraction of sp³-hybridized carbons (Fsp3) is 0.200. The Kier molecular flexibility index (Phi) is 2.59. The lowest BCUT2D eigenvalue weighted by molar-refractivity contribution is 0.0697. The molecule has 0 amide bonds. The summed E-state index contributed by atoms with van der Waals surface area (Å²) in [5.41, 5.74) is 4.71. The Morgan fingerprint density at radius 1 is 1.17 bits per heavy atom. The lowest BCUT2D eigenvalue weighted by Gasteiger charge is -2.07. The lowest BCUT2D eigenvalue weighted by atomic mass is 9.98. The predicted octanol–water partition coefficient (Wildman–Crippen LogP) is 2.94. The first-order valence-electron chi connectivity index (χ1n) is 6.05. The molecule has 1 aromatic heterocycles. The number of hydrogen-bond acceptors (Lipinski definition) is 2. The van der Waals surface area contributed by atoms with Crippen LogP contribution < -0.4 is 0 Å². The molecule has 0 saturated carbocycles. The number of benzene rings is 1. The van der Waals surface area contributed by atoms with Crippen LogP contribution in [0.15, 0.2) is 36.7 Å². The van der Waals surface area contributed by atoms with E-state index in [0.717, 1.165) is 24.0 Å². The maximum absolute atomic E-state index is 11.2. The van der Waals surface area contributed by atoms with Gasteiger partial charge in [-0.25, -0.2) is 4.79 Å². The topological polar surface area (TPSA) is 50.2 Å². The van der Waals surface area contributed by atoms with Crippen molar-refractivity contribution in [3.8, 4) is 11.1 Å². The SMILES string of the molecule is O=C(O)c1cnccc1-c1ccc2c(c1)CCC2. The number of carbonyl (C=O) groups is 1. The summed E-state index contributed by atoms with van der Waals surface area (Å²) in [5.74, 6) is -0.932. The molecule has 1 heterocycles. The number of aromatic carboxylic acids is 1. The van der Waals surface area contributed by atoms with Gasteiger partial charge in [0.2, 0.25) is 0 Å². The summed E-state index contributed by atoms with van der Waals surface area (Å²) in [4.78, 5) is 15.1. The zero-order valence-electron chi connectivity index (χ0n) is 9.89. The molecule has 0 unspecified atom stereocenters. The fourth-order valence-corrected chi connectivity index (χ4v) is 2.56. The molecular formula is C15H13NO2. The standard InChI is InChI=1S/C15H13NO2/c17-15(18)14-9-16-7-6-13(14)12-5-4-10-2-1-3-11(10)8-12/h4-9H,1-3H2,(H,17,18). The molecule has 3 heteroatoms. The average Bonchev–Trinajstić information content (AvgIpc) is 2.85. The van der Waals surface area contributed by atoms with Crippen LogP contribution in [0.25, 0.3) is 11.1 Å². The van der Waals surface area contributed by atoms with Gasteiger partial charge >= 0.3 is 5.97 Å². The van der Waals surface area contributed by atoms with Crippen molar-refractivity contribution in [2.75, 3.05) is 0 Å². The summed E-state index contributed by atoms with van der Waals surface area (Å²) < 4.78 is 0. The highest BCUT2D eigenvalue weighted by Crippen LogP contribution is 2.29. The zero-order valence-corrected chi connectivity index (χ0v) is 9.89. The third kappa shape index (κ3) is 1.78. The highest BCUT2D eigenvalue weighted by molar-refractivity contribution is 5.95. The fourth-order valence-electron chi connectivity index (χ4n) is 2.56. The number of aromatic nitrogens is 1. The van der Waals surface area contributed by atoms with E-state index in [1.54, 1.807) is 12.3 Å². The van der Waals surface area contributed by atoms with Gasteiger partial charge in [0, 0.05) is 12.4 Å². The second-order valence-corrected chi connectivity index (χ2v) is 4.56. The number of rotatable bonds is 2. The monoisotopic (exact) mass is 239 g/mol. The van der Waals surface area contributed by atoms with E-state index in [1.807, 2.05) is 6.07 Å². The number of hydrogen-bond donors (Lipinski definition) is 1. The minimum absolute atomic E-state index is 0.260. The van der Waals surface area contributed by atoms with Crippen molar-refractivity contribution >= 4 is 5.97 Å². The molecule has 0 spiro atoms. The van der Waals surface area contributed by atoms with Gasteiger partial charge in [-0.1, -0.05) is 18.2 Å². The van der Waals surface area contributed by atoms with Crippen LogP contribution in [-0.4, -0.2) is 16.1 Å². The van der Waals surface area contributed by atoms with Crippen LogP contribution in [-0.2, 0) is 12.8 Å². The molecule has 0 radical (unpaired) electrons. The number of aryl methyl sites for hydroxylation is 2. The van der Waals surface area contributed by atoms with E-state index in [2.05, 4.69) is 17.1 Å². The van der Waals surface area contributed by atoms with Crippen molar-refractivity contribution in [1.29, 1.82) is 0 Å². The summed E-state index contributed by atoms with van der Waals surface area (Å²) in [6.07, 6.45) is 6.47. The number of carboxylic acid groups (broad SMARTS) is 1. The van der Waals surface area contributed by atoms with E-state index in [-0.39, 0.29) is 5.56 Å². The Hall–Kier alpha value is -2.16. The molecule has 0 fully saturated rings. The number of fused-ring (bicyclic) bond motifs is 1. The molecule has 0 bridgehead atoms. The first-order chi connectivity index (χ1) is 8.75. The van der Waals surface area contributed by atoms with Crippen molar-refractivity contribution in [2.24, 2.45) is 0 Å². The minimum atomic E-state index is -0.932. The van der Waals surface area contributed by atoms with Gasteiger partial charge in [0.15, 0.2) is 0 Å².